The Kier molecular flexibility index (Phi) is 9.04. The van der Waals surface area contributed by atoms with Crippen molar-refractivity contribution < 1.29 is 23.8 Å². The van der Waals surface area contributed by atoms with Gasteiger partial charge in [-0.05, 0) is 27.2 Å². The highest BCUT2D eigenvalue weighted by Crippen LogP contribution is 2.09. The minimum absolute atomic E-state index is 0.202. The number of nitrogens with one attached hydrogen (secondary N) is 1. The predicted molar refractivity (Wildman–Crippen MR) is 83.5 cm³/mol. The standard InChI is InChI=1S/C15H30N2O5/c1-8-9-11(16-14(19)22-15(2,3)4)13(18)17(5)10-12(20-6)21-7/h11-12H,8-10H2,1-7H3,(H,16,19)/t11-/m1/s1. The Balaban J connectivity index is 4.71. The maximum absolute atomic E-state index is 12.4. The second kappa shape index (κ2) is 9.63. The number of rotatable bonds is 8. The molecule has 0 unspecified atom stereocenters. The van der Waals surface area contributed by atoms with Crippen LogP contribution in [0.15, 0.2) is 0 Å². The van der Waals surface area contributed by atoms with E-state index in [0.717, 1.165) is 6.42 Å². The Labute approximate surface area is 133 Å². The topological polar surface area (TPSA) is 77.1 Å². The van der Waals surface area contributed by atoms with Crippen molar-refractivity contribution in [3.8, 4) is 0 Å². The summed E-state index contributed by atoms with van der Waals surface area (Å²) in [5.74, 6) is -0.202. The molecule has 7 heteroatoms. The number of carbonyl (C=O) groups is 2. The summed E-state index contributed by atoms with van der Waals surface area (Å²) in [5, 5.41) is 2.63. The van der Waals surface area contributed by atoms with Crippen molar-refractivity contribution in [2.45, 2.75) is 58.5 Å². The highest BCUT2D eigenvalue weighted by atomic mass is 16.7. The van der Waals surface area contributed by atoms with Crippen LogP contribution in [-0.2, 0) is 19.0 Å². The lowest BCUT2D eigenvalue weighted by Crippen LogP contribution is -2.50. The summed E-state index contributed by atoms with van der Waals surface area (Å²) in [4.78, 5) is 25.8. The smallest absolute Gasteiger partial charge is 0.408 e. The lowest BCUT2D eigenvalue weighted by atomic mass is 10.1. The van der Waals surface area contributed by atoms with Gasteiger partial charge in [-0.25, -0.2) is 4.79 Å². The van der Waals surface area contributed by atoms with Gasteiger partial charge in [0.05, 0.1) is 6.54 Å². The van der Waals surface area contributed by atoms with E-state index in [1.54, 1.807) is 27.8 Å². The number of likely N-dealkylation sites (N-methyl/N-ethyl adjacent to an activating group) is 1. The summed E-state index contributed by atoms with van der Waals surface area (Å²) in [6, 6.07) is -0.626. The molecule has 0 aromatic rings. The monoisotopic (exact) mass is 318 g/mol. The lowest BCUT2D eigenvalue weighted by molar-refractivity contribution is -0.145. The number of methoxy groups -OCH3 is 2. The third-order valence-corrected chi connectivity index (χ3v) is 2.89. The zero-order valence-corrected chi connectivity index (χ0v) is 14.8. The van der Waals surface area contributed by atoms with Gasteiger partial charge in [-0.1, -0.05) is 13.3 Å². The average molecular weight is 318 g/mol. The molecule has 22 heavy (non-hydrogen) atoms. The summed E-state index contributed by atoms with van der Waals surface area (Å²) >= 11 is 0. The van der Waals surface area contributed by atoms with Crippen LogP contribution in [0.5, 0.6) is 0 Å². The molecule has 130 valence electrons. The minimum atomic E-state index is -0.626. The van der Waals surface area contributed by atoms with Crippen LogP contribution < -0.4 is 5.32 Å². The quantitative estimate of drug-likeness (QED) is 0.690. The zero-order valence-electron chi connectivity index (χ0n) is 14.8. The van der Waals surface area contributed by atoms with Crippen molar-refractivity contribution in [3.05, 3.63) is 0 Å². The van der Waals surface area contributed by atoms with Gasteiger partial charge in [-0.3, -0.25) is 4.79 Å². The normalized spacial score (nSPS) is 12.9. The van der Waals surface area contributed by atoms with Gasteiger partial charge in [0.25, 0.3) is 0 Å². The molecule has 0 rings (SSSR count). The Morgan fingerprint density at radius 1 is 1.18 bits per heavy atom. The van der Waals surface area contributed by atoms with E-state index in [1.165, 1.54) is 19.1 Å². The molecule has 1 N–H and O–H groups in total. The van der Waals surface area contributed by atoms with Crippen LogP contribution in [0, 0.1) is 0 Å². The van der Waals surface area contributed by atoms with Gasteiger partial charge >= 0.3 is 6.09 Å². The first-order valence-corrected chi connectivity index (χ1v) is 7.44. The number of carbonyl (C=O) groups excluding carboxylic acids is 2. The van der Waals surface area contributed by atoms with Gasteiger partial charge in [-0.2, -0.15) is 0 Å². The molecule has 0 aliphatic heterocycles. The molecule has 0 saturated carbocycles. The van der Waals surface area contributed by atoms with Gasteiger partial charge in [-0.15, -0.1) is 0 Å². The van der Waals surface area contributed by atoms with Gasteiger partial charge in [0.2, 0.25) is 5.91 Å². The van der Waals surface area contributed by atoms with Crippen LogP contribution in [0.2, 0.25) is 0 Å². The number of ether oxygens (including phenoxy) is 3. The number of hydrogen-bond donors (Lipinski definition) is 1. The van der Waals surface area contributed by atoms with Crippen molar-refractivity contribution in [2.24, 2.45) is 0 Å². The summed E-state index contributed by atoms with van der Waals surface area (Å²) in [6.07, 6.45) is 0.200. The SMILES string of the molecule is CCC[C@@H](NC(=O)OC(C)(C)C)C(=O)N(C)CC(OC)OC. The Hall–Kier alpha value is -1.34. The van der Waals surface area contributed by atoms with Crippen LogP contribution in [0.1, 0.15) is 40.5 Å². The van der Waals surface area contributed by atoms with E-state index in [0.29, 0.717) is 6.42 Å². The first-order chi connectivity index (χ1) is 10.1. The molecule has 0 heterocycles. The summed E-state index contributed by atoms with van der Waals surface area (Å²) in [7, 11) is 4.66. The molecule has 0 saturated heterocycles. The number of hydrogen-bond acceptors (Lipinski definition) is 5. The van der Waals surface area contributed by atoms with Crippen LogP contribution in [0.4, 0.5) is 4.79 Å². The Bertz CT molecular complexity index is 350. The number of alkyl carbamates (subject to hydrolysis) is 1. The molecule has 0 bridgehead atoms. The van der Waals surface area contributed by atoms with Crippen molar-refractivity contribution >= 4 is 12.0 Å². The molecule has 0 aliphatic rings. The summed E-state index contributed by atoms with van der Waals surface area (Å²) < 4.78 is 15.4. The second-order valence-corrected chi connectivity index (χ2v) is 6.11. The molecule has 0 aromatic carbocycles. The van der Waals surface area contributed by atoms with Crippen LogP contribution >= 0.6 is 0 Å². The summed E-state index contributed by atoms with van der Waals surface area (Å²) in [6.45, 7) is 7.55. The maximum atomic E-state index is 12.4. The summed E-state index contributed by atoms with van der Waals surface area (Å²) in [5.41, 5.74) is -0.604. The molecule has 0 fully saturated rings. The third-order valence-electron chi connectivity index (χ3n) is 2.89. The second-order valence-electron chi connectivity index (χ2n) is 6.11. The third kappa shape index (κ3) is 8.19. The van der Waals surface area contributed by atoms with Gasteiger partial charge in [0.15, 0.2) is 6.29 Å². The van der Waals surface area contributed by atoms with E-state index in [9.17, 15) is 9.59 Å². The number of nitrogens with zero attached hydrogens (tertiary/aromatic N) is 1. The van der Waals surface area contributed by atoms with Crippen molar-refractivity contribution in [1.29, 1.82) is 0 Å². The van der Waals surface area contributed by atoms with E-state index in [4.69, 9.17) is 14.2 Å². The fourth-order valence-electron chi connectivity index (χ4n) is 1.82. The molecule has 0 aromatic heterocycles. The fourth-order valence-corrected chi connectivity index (χ4v) is 1.82. The van der Waals surface area contributed by atoms with E-state index in [2.05, 4.69) is 5.32 Å². The average Bonchev–Trinajstić information content (AvgIpc) is 2.41. The van der Waals surface area contributed by atoms with E-state index in [-0.39, 0.29) is 12.5 Å². The molecule has 1 atom stereocenters. The van der Waals surface area contributed by atoms with Gasteiger partial charge < -0.3 is 24.4 Å². The zero-order chi connectivity index (χ0) is 17.3. The van der Waals surface area contributed by atoms with Crippen molar-refractivity contribution in [2.75, 3.05) is 27.8 Å². The molecule has 0 radical (unpaired) electrons. The highest BCUT2D eigenvalue weighted by Gasteiger charge is 2.27. The molecule has 0 spiro atoms. The molecule has 0 aliphatic carbocycles. The van der Waals surface area contributed by atoms with Crippen molar-refractivity contribution in [3.63, 3.8) is 0 Å². The van der Waals surface area contributed by atoms with Crippen molar-refractivity contribution in [1.82, 2.24) is 10.2 Å². The van der Waals surface area contributed by atoms with Crippen LogP contribution in [-0.4, -0.2) is 62.6 Å². The highest BCUT2D eigenvalue weighted by molar-refractivity contribution is 5.85. The Morgan fingerprint density at radius 2 is 1.73 bits per heavy atom. The van der Waals surface area contributed by atoms with Crippen LogP contribution in [0.25, 0.3) is 0 Å². The predicted octanol–water partition coefficient (Wildman–Crippen LogP) is 1.76. The molecule has 7 nitrogen and oxygen atoms in total. The van der Waals surface area contributed by atoms with E-state index in [1.807, 2.05) is 6.92 Å². The molecule has 2 amide bonds. The maximum Gasteiger partial charge on any atom is 0.408 e. The lowest BCUT2D eigenvalue weighted by Gasteiger charge is -2.28. The van der Waals surface area contributed by atoms with Crippen LogP contribution in [0.3, 0.4) is 0 Å². The first kappa shape index (κ1) is 20.7. The largest absolute Gasteiger partial charge is 0.444 e. The van der Waals surface area contributed by atoms with Gasteiger partial charge in [0.1, 0.15) is 11.6 Å². The number of amides is 2. The Morgan fingerprint density at radius 3 is 2.14 bits per heavy atom. The molecular formula is C15H30N2O5. The van der Waals surface area contributed by atoms with Gasteiger partial charge in [0, 0.05) is 21.3 Å². The van der Waals surface area contributed by atoms with E-state index >= 15 is 0 Å². The fraction of sp³-hybridized carbons (Fsp3) is 0.867. The minimum Gasteiger partial charge on any atom is -0.444 e. The first-order valence-electron chi connectivity index (χ1n) is 7.44. The van der Waals surface area contributed by atoms with E-state index < -0.39 is 24.0 Å². The molecular weight excluding hydrogens is 288 g/mol.